The highest BCUT2D eigenvalue weighted by Crippen LogP contribution is 2.36. The summed E-state index contributed by atoms with van der Waals surface area (Å²) < 4.78 is 103. The molecule has 1 aliphatic heterocycles. The van der Waals surface area contributed by atoms with Gasteiger partial charge < -0.3 is 14.2 Å². The predicted molar refractivity (Wildman–Crippen MR) is 147 cm³/mol. The smallest absolute Gasteiger partial charge is 0.426 e. The average Bonchev–Trinajstić information content (AvgIpc) is 2.92. The molecule has 2 aromatic carbocycles. The zero-order chi connectivity index (χ0) is 29.9. The summed E-state index contributed by atoms with van der Waals surface area (Å²) in [5, 5.41) is 0. The molecule has 2 atom stereocenters. The monoisotopic (exact) mass is 586 g/mol. The second-order valence-electron chi connectivity index (χ2n) is 10.7. The van der Waals surface area contributed by atoms with Crippen LogP contribution in [0.3, 0.4) is 0 Å². The van der Waals surface area contributed by atoms with Crippen molar-refractivity contribution >= 4 is 0 Å². The molecule has 0 amide bonds. The van der Waals surface area contributed by atoms with Crippen molar-refractivity contribution in [1.82, 2.24) is 0 Å². The maximum absolute atomic E-state index is 14.7. The Hall–Kier alpha value is -2.68. The van der Waals surface area contributed by atoms with Crippen molar-refractivity contribution in [3.05, 3.63) is 71.3 Å². The van der Waals surface area contributed by atoms with E-state index < -0.39 is 53.8 Å². The van der Waals surface area contributed by atoms with Gasteiger partial charge in [0.2, 0.25) is 0 Å². The fourth-order valence-corrected chi connectivity index (χ4v) is 4.92. The van der Waals surface area contributed by atoms with Gasteiger partial charge in [-0.2, -0.15) is 8.78 Å². The van der Waals surface area contributed by atoms with Crippen molar-refractivity contribution in [2.24, 2.45) is 5.92 Å². The summed E-state index contributed by atoms with van der Waals surface area (Å²) in [6, 6.07) is 5.56. The molecule has 0 radical (unpaired) electrons. The van der Waals surface area contributed by atoms with Gasteiger partial charge in [-0.1, -0.05) is 50.8 Å². The summed E-state index contributed by atoms with van der Waals surface area (Å²) in [6.07, 6.45) is 7.13. The first kappa shape index (κ1) is 32.8. The van der Waals surface area contributed by atoms with Crippen LogP contribution in [0.2, 0.25) is 0 Å². The summed E-state index contributed by atoms with van der Waals surface area (Å²) in [7, 11) is 0. The molecule has 2 aromatic rings. The maximum Gasteiger partial charge on any atom is 0.426 e. The fourth-order valence-electron chi connectivity index (χ4n) is 4.92. The van der Waals surface area contributed by atoms with E-state index in [2.05, 4.69) is 11.7 Å². The summed E-state index contributed by atoms with van der Waals surface area (Å²) >= 11 is 0. The van der Waals surface area contributed by atoms with Crippen LogP contribution in [0.4, 0.5) is 26.3 Å². The summed E-state index contributed by atoms with van der Waals surface area (Å²) in [4.78, 5) is 0. The number of alkyl halides is 4. The van der Waals surface area contributed by atoms with E-state index in [1.165, 1.54) is 18.6 Å². The first-order chi connectivity index (χ1) is 19.5. The number of ether oxygens (including phenoxy) is 3. The van der Waals surface area contributed by atoms with Crippen LogP contribution in [0.15, 0.2) is 48.6 Å². The standard InChI is InChI=1S/C32H40F6O3/c1-3-5-7-9-11-26-15-12-23(21-39-26)20-31(35,36)22-40-30-17-14-25(18-29(30)34)32(37,38)41-27-16-13-24(28(33)19-27)10-8-6-4-2/h4,6,13-14,16-19,23,26H,3,5,7-12,15,20-22H2,1-2H3. The molecule has 1 saturated heterocycles. The highest BCUT2D eigenvalue weighted by atomic mass is 19.3. The second-order valence-corrected chi connectivity index (χ2v) is 10.7. The van der Waals surface area contributed by atoms with Crippen molar-refractivity contribution in [1.29, 1.82) is 0 Å². The van der Waals surface area contributed by atoms with Gasteiger partial charge in [0.25, 0.3) is 5.92 Å². The Bertz CT molecular complexity index is 1110. The molecule has 0 aromatic heterocycles. The maximum atomic E-state index is 14.7. The lowest BCUT2D eigenvalue weighted by atomic mass is 9.91. The number of benzene rings is 2. The second kappa shape index (κ2) is 15.5. The van der Waals surface area contributed by atoms with E-state index in [4.69, 9.17) is 9.47 Å². The van der Waals surface area contributed by atoms with E-state index in [0.29, 0.717) is 30.9 Å². The molecule has 0 aliphatic carbocycles. The lowest BCUT2D eigenvalue weighted by molar-refractivity contribution is -0.185. The number of allylic oxidation sites excluding steroid dienone is 2. The molecular formula is C32H40F6O3. The van der Waals surface area contributed by atoms with E-state index >= 15 is 0 Å². The average molecular weight is 587 g/mol. The molecule has 1 fully saturated rings. The molecule has 0 N–H and O–H groups in total. The molecule has 1 heterocycles. The Morgan fingerprint density at radius 3 is 2.44 bits per heavy atom. The fraction of sp³-hybridized carbons (Fsp3) is 0.562. The molecule has 41 heavy (non-hydrogen) atoms. The first-order valence-electron chi connectivity index (χ1n) is 14.4. The molecular weight excluding hydrogens is 546 g/mol. The van der Waals surface area contributed by atoms with Crippen molar-refractivity contribution in [3.8, 4) is 11.5 Å². The van der Waals surface area contributed by atoms with Gasteiger partial charge in [0, 0.05) is 19.1 Å². The molecule has 0 spiro atoms. The first-order valence-corrected chi connectivity index (χ1v) is 14.4. The molecule has 0 saturated carbocycles. The van der Waals surface area contributed by atoms with E-state index in [-0.39, 0.29) is 18.6 Å². The topological polar surface area (TPSA) is 27.7 Å². The minimum atomic E-state index is -4.00. The third-order valence-electron chi connectivity index (χ3n) is 7.22. The van der Waals surface area contributed by atoms with Crippen LogP contribution in [0.25, 0.3) is 0 Å². The van der Waals surface area contributed by atoms with Crippen molar-refractivity contribution in [3.63, 3.8) is 0 Å². The largest absolute Gasteiger partial charge is 0.484 e. The number of hydrogen-bond donors (Lipinski definition) is 0. The number of rotatable bonds is 16. The molecule has 1 aliphatic rings. The van der Waals surface area contributed by atoms with Gasteiger partial charge in [0.15, 0.2) is 18.2 Å². The molecule has 9 heteroatoms. The summed E-state index contributed by atoms with van der Waals surface area (Å²) in [5.41, 5.74) is -0.517. The predicted octanol–water partition coefficient (Wildman–Crippen LogP) is 9.77. The number of aryl methyl sites for hydroxylation is 1. The Morgan fingerprint density at radius 1 is 0.976 bits per heavy atom. The van der Waals surface area contributed by atoms with E-state index in [1.807, 2.05) is 19.1 Å². The molecule has 3 nitrogen and oxygen atoms in total. The Morgan fingerprint density at radius 2 is 1.78 bits per heavy atom. The molecule has 3 rings (SSSR count). The summed E-state index contributed by atoms with van der Waals surface area (Å²) in [5.74, 6) is -6.52. The Kier molecular flexibility index (Phi) is 12.4. The van der Waals surface area contributed by atoms with E-state index in [1.54, 1.807) is 0 Å². The SMILES string of the molecule is CC=CCCc1ccc(OC(F)(F)c2ccc(OCC(F)(F)CC3CCC(CCCCCC)OC3)c(F)c2)cc1F. The number of unbranched alkanes of at least 4 members (excludes halogenated alkanes) is 3. The zero-order valence-electron chi connectivity index (χ0n) is 23.8. The van der Waals surface area contributed by atoms with Crippen LogP contribution < -0.4 is 9.47 Å². The third-order valence-corrected chi connectivity index (χ3v) is 7.22. The van der Waals surface area contributed by atoms with Crippen molar-refractivity contribution < 1.29 is 40.6 Å². The van der Waals surface area contributed by atoms with Gasteiger partial charge >= 0.3 is 6.11 Å². The van der Waals surface area contributed by atoms with Crippen LogP contribution in [0.1, 0.15) is 82.8 Å². The van der Waals surface area contributed by atoms with Crippen LogP contribution in [0, 0.1) is 17.6 Å². The Balaban J connectivity index is 1.50. The number of halogens is 6. The highest BCUT2D eigenvalue weighted by Gasteiger charge is 2.38. The highest BCUT2D eigenvalue weighted by molar-refractivity contribution is 5.33. The van der Waals surface area contributed by atoms with Crippen molar-refractivity contribution in [2.75, 3.05) is 13.2 Å². The minimum absolute atomic E-state index is 0.106. The van der Waals surface area contributed by atoms with Gasteiger partial charge in [-0.05, 0) is 74.8 Å². The quantitative estimate of drug-likeness (QED) is 0.111. The normalized spacial score (nSPS) is 18.1. The van der Waals surface area contributed by atoms with Gasteiger partial charge in [-0.25, -0.2) is 17.6 Å². The van der Waals surface area contributed by atoms with Crippen LogP contribution in [0.5, 0.6) is 11.5 Å². The van der Waals surface area contributed by atoms with E-state index in [9.17, 15) is 26.3 Å². The van der Waals surface area contributed by atoms with Crippen LogP contribution in [-0.4, -0.2) is 25.2 Å². The lowest BCUT2D eigenvalue weighted by Gasteiger charge is -2.31. The third kappa shape index (κ3) is 10.6. The van der Waals surface area contributed by atoms with Gasteiger partial charge in [0.1, 0.15) is 11.6 Å². The van der Waals surface area contributed by atoms with Crippen LogP contribution in [-0.2, 0) is 17.3 Å². The molecule has 2 unspecified atom stereocenters. The zero-order valence-corrected chi connectivity index (χ0v) is 23.8. The number of hydrogen-bond acceptors (Lipinski definition) is 3. The molecule has 228 valence electrons. The lowest BCUT2D eigenvalue weighted by Crippen LogP contribution is -2.34. The molecule has 0 bridgehead atoms. The van der Waals surface area contributed by atoms with E-state index in [0.717, 1.165) is 50.3 Å². The Labute approximate surface area is 238 Å². The minimum Gasteiger partial charge on any atom is -0.484 e. The van der Waals surface area contributed by atoms with Gasteiger partial charge in [0.05, 0.1) is 11.7 Å². The van der Waals surface area contributed by atoms with Crippen molar-refractivity contribution in [2.45, 2.75) is 96.2 Å². The van der Waals surface area contributed by atoms with Gasteiger partial charge in [-0.3, -0.25) is 0 Å². The summed E-state index contributed by atoms with van der Waals surface area (Å²) in [6.45, 7) is 3.13. The van der Waals surface area contributed by atoms with Gasteiger partial charge in [-0.15, -0.1) is 0 Å². The van der Waals surface area contributed by atoms with Crippen LogP contribution >= 0.6 is 0 Å².